The second-order valence-electron chi connectivity index (χ2n) is 1.31. The Morgan fingerprint density at radius 2 is 1.62 bits per heavy atom. The van der Waals surface area contributed by atoms with E-state index in [4.69, 9.17) is 0 Å². The van der Waals surface area contributed by atoms with Crippen LogP contribution >= 0.6 is 0 Å². The monoisotopic (exact) mass is 206 g/mol. The molecule has 0 spiro atoms. The first-order valence-electron chi connectivity index (χ1n) is 1.72. The van der Waals surface area contributed by atoms with Crippen molar-refractivity contribution >= 4 is 11.1 Å². The Bertz CT molecular complexity index is 68.3. The summed E-state index contributed by atoms with van der Waals surface area (Å²) in [5.41, 5.74) is 0. The molecule has 1 atom stereocenters. The van der Waals surface area contributed by atoms with Crippen LogP contribution in [0.15, 0.2) is 0 Å². The van der Waals surface area contributed by atoms with Crippen LogP contribution in [0.25, 0.3) is 0 Å². The first-order chi connectivity index (χ1) is 2.64. The van der Waals surface area contributed by atoms with Gasteiger partial charge < -0.3 is 17.0 Å². The first-order valence-corrected chi connectivity index (χ1v) is 2.86. The number of hydrogen-bond donors (Lipinski definition) is 0. The summed E-state index contributed by atoms with van der Waals surface area (Å²) < 4.78 is 19.4. The second kappa shape index (κ2) is 8.02. The fourth-order valence-electron chi connectivity index (χ4n) is 0. The molecule has 1 unspecified atom stereocenters. The van der Waals surface area contributed by atoms with E-state index in [-0.39, 0.29) is 37.1 Å². The Morgan fingerprint density at radius 1 is 1.50 bits per heavy atom. The topological polar surface area (TPSA) is 40.1 Å². The van der Waals surface area contributed by atoms with Crippen LogP contribution in [0.5, 0.6) is 0 Å². The van der Waals surface area contributed by atoms with Crippen LogP contribution < -0.4 is 12.4 Å². The average molecular weight is 208 g/mol. The van der Waals surface area contributed by atoms with Gasteiger partial charge in [-0.05, 0) is 0 Å². The molecule has 0 aliphatic heterocycles. The molecule has 0 amide bonds. The van der Waals surface area contributed by atoms with Gasteiger partial charge in [0, 0.05) is 5.25 Å². The standard InChI is InChI=1S/C3H8O2S.ClH.Zn/c1-3(2)6(4)5;;/h3H,1-2H3,(H,4,5);1H;/q;;+2/p-2. The smallest absolute Gasteiger partial charge is 1.00 e. The molecule has 0 aliphatic carbocycles. The molecule has 0 saturated heterocycles. The Hall–Kier alpha value is 1.02. The maximum Gasteiger partial charge on any atom is 2.00 e. The summed E-state index contributed by atoms with van der Waals surface area (Å²) in [6.07, 6.45) is 0. The summed E-state index contributed by atoms with van der Waals surface area (Å²) in [5, 5.41) is -0.231. The third kappa shape index (κ3) is 10.1. The third-order valence-corrected chi connectivity index (χ3v) is 1.15. The zero-order valence-electron chi connectivity index (χ0n) is 4.89. The zero-order valence-corrected chi connectivity index (χ0v) is 9.43. The van der Waals surface area contributed by atoms with Crippen LogP contribution in [-0.4, -0.2) is 14.0 Å². The van der Waals surface area contributed by atoms with Gasteiger partial charge in [0.05, 0.1) is 0 Å². The van der Waals surface area contributed by atoms with E-state index in [2.05, 4.69) is 0 Å². The Labute approximate surface area is 70.9 Å². The molecular formula is C3H7ClO2SZn. The van der Waals surface area contributed by atoms with E-state index in [1.807, 2.05) is 0 Å². The Morgan fingerprint density at radius 3 is 1.62 bits per heavy atom. The van der Waals surface area contributed by atoms with Gasteiger partial charge in [-0.1, -0.05) is 24.9 Å². The summed E-state index contributed by atoms with van der Waals surface area (Å²) in [5.74, 6) is 0. The minimum Gasteiger partial charge on any atom is -1.00 e. The predicted molar refractivity (Wildman–Crippen MR) is 24.1 cm³/mol. The maximum absolute atomic E-state index is 9.70. The van der Waals surface area contributed by atoms with E-state index in [9.17, 15) is 8.76 Å². The van der Waals surface area contributed by atoms with E-state index < -0.39 is 11.1 Å². The molecule has 0 fully saturated rings. The van der Waals surface area contributed by atoms with Crippen molar-refractivity contribution in [3.05, 3.63) is 0 Å². The van der Waals surface area contributed by atoms with Crippen molar-refractivity contribution in [1.29, 1.82) is 0 Å². The molecule has 0 heterocycles. The summed E-state index contributed by atoms with van der Waals surface area (Å²) in [4.78, 5) is 0. The van der Waals surface area contributed by atoms with E-state index in [1.165, 1.54) is 0 Å². The molecule has 0 radical (unpaired) electrons. The fraction of sp³-hybridized carbons (Fsp3) is 1.00. The molecule has 2 nitrogen and oxygen atoms in total. The average Bonchev–Trinajstić information content (AvgIpc) is 1.36. The summed E-state index contributed by atoms with van der Waals surface area (Å²) >= 11 is -1.87. The molecular weight excluding hydrogens is 201 g/mol. The molecule has 0 aromatic carbocycles. The van der Waals surface area contributed by atoms with Crippen LogP contribution in [0.3, 0.4) is 0 Å². The molecule has 0 bridgehead atoms. The summed E-state index contributed by atoms with van der Waals surface area (Å²) in [6.45, 7) is 3.26. The van der Waals surface area contributed by atoms with Gasteiger partial charge in [0.1, 0.15) is 0 Å². The van der Waals surface area contributed by atoms with Crippen molar-refractivity contribution in [2.24, 2.45) is 0 Å². The molecule has 46 valence electrons. The van der Waals surface area contributed by atoms with E-state index in [1.54, 1.807) is 13.8 Å². The van der Waals surface area contributed by atoms with E-state index >= 15 is 0 Å². The molecule has 0 rings (SSSR count). The maximum atomic E-state index is 9.70. The van der Waals surface area contributed by atoms with Crippen molar-refractivity contribution in [2.75, 3.05) is 0 Å². The van der Waals surface area contributed by atoms with E-state index in [0.717, 1.165) is 0 Å². The van der Waals surface area contributed by atoms with Gasteiger partial charge in [0.15, 0.2) is 0 Å². The molecule has 0 saturated carbocycles. The van der Waals surface area contributed by atoms with Crippen LogP contribution in [0.2, 0.25) is 0 Å². The quantitative estimate of drug-likeness (QED) is 0.347. The van der Waals surface area contributed by atoms with Crippen molar-refractivity contribution in [3.63, 3.8) is 0 Å². The van der Waals surface area contributed by atoms with Crippen molar-refractivity contribution in [3.8, 4) is 0 Å². The molecule has 0 N–H and O–H groups in total. The van der Waals surface area contributed by atoms with Gasteiger partial charge in [0.2, 0.25) is 0 Å². The summed E-state index contributed by atoms with van der Waals surface area (Å²) in [6, 6.07) is 0. The van der Waals surface area contributed by atoms with Crippen LogP contribution in [0.4, 0.5) is 0 Å². The van der Waals surface area contributed by atoms with Gasteiger partial charge in [-0.15, -0.1) is 0 Å². The Kier molecular flexibility index (Phi) is 16.1. The van der Waals surface area contributed by atoms with Gasteiger partial charge in [0.25, 0.3) is 0 Å². The van der Waals surface area contributed by atoms with Gasteiger partial charge in [-0.3, -0.25) is 4.21 Å². The van der Waals surface area contributed by atoms with E-state index in [0.29, 0.717) is 0 Å². The minimum atomic E-state index is -1.87. The largest absolute Gasteiger partial charge is 2.00 e. The minimum absolute atomic E-state index is 0. The number of rotatable bonds is 1. The SMILES string of the molecule is CC(C)S(=O)[O-].[Cl-].[Zn+2]. The first kappa shape index (κ1) is 16.0. The second-order valence-corrected chi connectivity index (χ2v) is 2.77. The molecule has 5 heteroatoms. The molecule has 0 aromatic heterocycles. The van der Waals surface area contributed by atoms with Crippen LogP contribution in [0.1, 0.15) is 13.8 Å². The predicted octanol–water partition coefficient (Wildman–Crippen LogP) is -2.72. The van der Waals surface area contributed by atoms with Crippen molar-refractivity contribution in [1.82, 2.24) is 0 Å². The molecule has 0 aliphatic rings. The van der Waals surface area contributed by atoms with Crippen LogP contribution in [-0.2, 0) is 30.6 Å². The van der Waals surface area contributed by atoms with Crippen molar-refractivity contribution in [2.45, 2.75) is 19.1 Å². The number of halogens is 1. The normalized spacial score (nSPS) is 11.5. The summed E-state index contributed by atoms with van der Waals surface area (Å²) in [7, 11) is 0. The van der Waals surface area contributed by atoms with Gasteiger partial charge in [-0.2, -0.15) is 0 Å². The number of hydrogen-bond acceptors (Lipinski definition) is 2. The third-order valence-electron chi connectivity index (χ3n) is 0.385. The Balaban J connectivity index is -0.000000125. The zero-order chi connectivity index (χ0) is 5.15. The molecule has 0 aromatic rings. The van der Waals surface area contributed by atoms with Crippen molar-refractivity contribution < 1.29 is 40.6 Å². The molecule has 8 heavy (non-hydrogen) atoms. The van der Waals surface area contributed by atoms with Gasteiger partial charge >= 0.3 is 19.5 Å². The fourth-order valence-corrected chi connectivity index (χ4v) is 0. The van der Waals surface area contributed by atoms with Crippen LogP contribution in [0, 0.1) is 0 Å². The van der Waals surface area contributed by atoms with Gasteiger partial charge in [-0.25, -0.2) is 0 Å².